The minimum Gasteiger partial charge on any atom is -0.381 e. The van der Waals surface area contributed by atoms with Crippen LogP contribution in [0, 0.1) is 5.41 Å². The fourth-order valence-electron chi connectivity index (χ4n) is 3.45. The maximum Gasteiger partial charge on any atom is 0.124 e. The summed E-state index contributed by atoms with van der Waals surface area (Å²) >= 11 is 0. The van der Waals surface area contributed by atoms with Gasteiger partial charge >= 0.3 is 0 Å². The van der Waals surface area contributed by atoms with Gasteiger partial charge in [0.2, 0.25) is 0 Å². The Morgan fingerprint density at radius 2 is 1.72 bits per heavy atom. The van der Waals surface area contributed by atoms with E-state index in [-0.39, 0.29) is 16.7 Å². The summed E-state index contributed by atoms with van der Waals surface area (Å²) in [5, 5.41) is 3.64. The minimum atomic E-state index is -0.172. The number of ether oxygens (including phenoxy) is 3. The van der Waals surface area contributed by atoms with Gasteiger partial charge in [-0.05, 0) is 12.8 Å². The standard InChI is InChI=1S/C14H25NO3/c1-12(2)10-15-14(5-8-16-9-6-14)18-13(12)4-3-7-17-11-13/h15H,3-11H2,1-2H3. The Morgan fingerprint density at radius 3 is 2.39 bits per heavy atom. The minimum absolute atomic E-state index is 0.117. The number of rotatable bonds is 0. The normalized spacial score (nSPS) is 39.0. The molecule has 0 aromatic heterocycles. The van der Waals surface area contributed by atoms with Gasteiger partial charge in [-0.25, -0.2) is 0 Å². The van der Waals surface area contributed by atoms with E-state index in [4.69, 9.17) is 14.2 Å². The smallest absolute Gasteiger partial charge is 0.124 e. The average molecular weight is 255 g/mol. The van der Waals surface area contributed by atoms with Crippen molar-refractivity contribution in [1.29, 1.82) is 0 Å². The van der Waals surface area contributed by atoms with Crippen molar-refractivity contribution >= 4 is 0 Å². The van der Waals surface area contributed by atoms with Crippen LogP contribution in [0.4, 0.5) is 0 Å². The molecule has 18 heavy (non-hydrogen) atoms. The van der Waals surface area contributed by atoms with Gasteiger partial charge in [0.25, 0.3) is 0 Å². The van der Waals surface area contributed by atoms with E-state index in [0.29, 0.717) is 0 Å². The van der Waals surface area contributed by atoms with Gasteiger partial charge < -0.3 is 14.2 Å². The van der Waals surface area contributed by atoms with Gasteiger partial charge in [-0.3, -0.25) is 5.32 Å². The van der Waals surface area contributed by atoms with Gasteiger partial charge in [-0.15, -0.1) is 0 Å². The van der Waals surface area contributed by atoms with Crippen LogP contribution in [0.5, 0.6) is 0 Å². The van der Waals surface area contributed by atoms with Gasteiger partial charge in [0.05, 0.1) is 19.8 Å². The molecular formula is C14H25NO3. The van der Waals surface area contributed by atoms with Crippen LogP contribution in [0.3, 0.4) is 0 Å². The Balaban J connectivity index is 1.84. The van der Waals surface area contributed by atoms with E-state index in [9.17, 15) is 0 Å². The van der Waals surface area contributed by atoms with E-state index < -0.39 is 0 Å². The zero-order valence-electron chi connectivity index (χ0n) is 11.6. The molecule has 1 N–H and O–H groups in total. The molecule has 0 saturated carbocycles. The Labute approximate surface area is 109 Å². The molecule has 4 nitrogen and oxygen atoms in total. The number of nitrogens with one attached hydrogen (secondary N) is 1. The predicted octanol–water partition coefficient (Wildman–Crippen LogP) is 1.69. The second-order valence-corrected chi connectivity index (χ2v) is 6.60. The summed E-state index contributed by atoms with van der Waals surface area (Å²) in [4.78, 5) is 0. The van der Waals surface area contributed by atoms with Gasteiger partial charge in [-0.2, -0.15) is 0 Å². The van der Waals surface area contributed by atoms with Crippen LogP contribution in [0.15, 0.2) is 0 Å². The lowest BCUT2D eigenvalue weighted by molar-refractivity contribution is -0.297. The SMILES string of the molecule is CC1(C)CNC2(CCOCC2)OC12CCCOC2. The Morgan fingerprint density at radius 1 is 0.944 bits per heavy atom. The summed E-state index contributed by atoms with van der Waals surface area (Å²) in [6.07, 6.45) is 4.12. The molecule has 1 atom stereocenters. The Bertz CT molecular complexity index is 304. The van der Waals surface area contributed by atoms with Crippen molar-refractivity contribution in [2.45, 2.75) is 50.9 Å². The molecule has 0 aromatic rings. The average Bonchev–Trinajstić information content (AvgIpc) is 2.38. The van der Waals surface area contributed by atoms with E-state index in [0.717, 1.165) is 58.7 Å². The largest absolute Gasteiger partial charge is 0.381 e. The molecule has 0 aliphatic carbocycles. The first kappa shape index (κ1) is 12.9. The predicted molar refractivity (Wildman–Crippen MR) is 68.4 cm³/mol. The van der Waals surface area contributed by atoms with Crippen LogP contribution in [0.2, 0.25) is 0 Å². The fraction of sp³-hybridized carbons (Fsp3) is 1.00. The van der Waals surface area contributed by atoms with E-state index >= 15 is 0 Å². The molecule has 0 amide bonds. The molecule has 2 spiro atoms. The second-order valence-electron chi connectivity index (χ2n) is 6.60. The maximum atomic E-state index is 6.64. The lowest BCUT2D eigenvalue weighted by Gasteiger charge is -2.59. The van der Waals surface area contributed by atoms with Crippen LogP contribution < -0.4 is 5.32 Å². The van der Waals surface area contributed by atoms with Crippen LogP contribution in [0.25, 0.3) is 0 Å². The van der Waals surface area contributed by atoms with Crippen LogP contribution in [-0.2, 0) is 14.2 Å². The number of hydrogen-bond acceptors (Lipinski definition) is 4. The van der Waals surface area contributed by atoms with Crippen LogP contribution in [0.1, 0.15) is 39.5 Å². The highest BCUT2D eigenvalue weighted by Gasteiger charge is 2.56. The maximum absolute atomic E-state index is 6.64. The summed E-state index contributed by atoms with van der Waals surface area (Å²) < 4.78 is 17.9. The molecule has 3 heterocycles. The molecule has 4 heteroatoms. The van der Waals surface area contributed by atoms with Crippen molar-refractivity contribution in [3.63, 3.8) is 0 Å². The third kappa shape index (κ3) is 1.99. The molecule has 3 aliphatic rings. The van der Waals surface area contributed by atoms with Crippen molar-refractivity contribution in [3.8, 4) is 0 Å². The molecular weight excluding hydrogens is 230 g/mol. The Kier molecular flexibility index (Phi) is 3.17. The van der Waals surface area contributed by atoms with E-state index in [2.05, 4.69) is 19.2 Å². The summed E-state index contributed by atoms with van der Waals surface area (Å²) in [5.41, 5.74) is -0.167. The van der Waals surface area contributed by atoms with E-state index in [1.807, 2.05) is 0 Å². The molecule has 3 fully saturated rings. The van der Waals surface area contributed by atoms with E-state index in [1.54, 1.807) is 0 Å². The lowest BCUT2D eigenvalue weighted by Crippen LogP contribution is -2.70. The fourth-order valence-corrected chi connectivity index (χ4v) is 3.45. The first-order valence-electron chi connectivity index (χ1n) is 7.18. The van der Waals surface area contributed by atoms with Gasteiger partial charge in [-0.1, -0.05) is 13.8 Å². The summed E-state index contributed by atoms with van der Waals surface area (Å²) in [5.74, 6) is 0. The zero-order chi connectivity index (χ0) is 12.7. The molecule has 3 aliphatic heterocycles. The monoisotopic (exact) mass is 255 g/mol. The molecule has 1 unspecified atom stereocenters. The highest BCUT2D eigenvalue weighted by atomic mass is 16.6. The van der Waals surface area contributed by atoms with Gasteiger partial charge in [0.15, 0.2) is 0 Å². The van der Waals surface area contributed by atoms with Gasteiger partial charge in [0.1, 0.15) is 11.3 Å². The van der Waals surface area contributed by atoms with Crippen LogP contribution >= 0.6 is 0 Å². The third-order valence-electron chi connectivity index (χ3n) is 4.98. The first-order valence-corrected chi connectivity index (χ1v) is 7.18. The van der Waals surface area contributed by atoms with Crippen molar-refractivity contribution in [3.05, 3.63) is 0 Å². The quantitative estimate of drug-likeness (QED) is 0.715. The molecule has 3 rings (SSSR count). The third-order valence-corrected chi connectivity index (χ3v) is 4.98. The van der Waals surface area contributed by atoms with Crippen molar-refractivity contribution in [2.24, 2.45) is 5.41 Å². The molecule has 0 radical (unpaired) electrons. The molecule has 104 valence electrons. The highest BCUT2D eigenvalue weighted by Crippen LogP contribution is 2.47. The molecule has 0 bridgehead atoms. The topological polar surface area (TPSA) is 39.7 Å². The Hall–Kier alpha value is -0.160. The zero-order valence-corrected chi connectivity index (χ0v) is 11.6. The van der Waals surface area contributed by atoms with Crippen molar-refractivity contribution < 1.29 is 14.2 Å². The summed E-state index contributed by atoms with van der Waals surface area (Å²) in [6, 6.07) is 0. The summed E-state index contributed by atoms with van der Waals surface area (Å²) in [7, 11) is 0. The lowest BCUT2D eigenvalue weighted by atomic mass is 9.69. The van der Waals surface area contributed by atoms with Crippen molar-refractivity contribution in [2.75, 3.05) is 33.0 Å². The number of hydrogen-bond donors (Lipinski definition) is 1. The van der Waals surface area contributed by atoms with Gasteiger partial charge in [0, 0.05) is 31.4 Å². The van der Waals surface area contributed by atoms with Crippen LogP contribution in [-0.4, -0.2) is 44.3 Å². The molecule has 0 aromatic carbocycles. The summed E-state index contributed by atoms with van der Waals surface area (Å²) in [6.45, 7) is 8.79. The van der Waals surface area contributed by atoms with E-state index in [1.165, 1.54) is 0 Å². The second kappa shape index (κ2) is 4.44. The first-order chi connectivity index (χ1) is 8.58. The van der Waals surface area contributed by atoms with Crippen molar-refractivity contribution in [1.82, 2.24) is 5.32 Å². The highest BCUT2D eigenvalue weighted by molar-refractivity contribution is 5.05. The molecule has 3 saturated heterocycles.